The Labute approximate surface area is 172 Å². The number of methoxy groups -OCH3 is 1. The molecule has 4 rings (SSSR count). The van der Waals surface area contributed by atoms with Crippen LogP contribution in [-0.2, 0) is 19.1 Å². The Morgan fingerprint density at radius 2 is 2.07 bits per heavy atom. The molecule has 0 bridgehead atoms. The van der Waals surface area contributed by atoms with Crippen LogP contribution in [0.2, 0.25) is 0 Å². The van der Waals surface area contributed by atoms with Gasteiger partial charge in [-0.1, -0.05) is 12.1 Å². The predicted molar refractivity (Wildman–Crippen MR) is 111 cm³/mol. The fourth-order valence-electron chi connectivity index (χ4n) is 3.86. The Morgan fingerprint density at radius 1 is 1.28 bits per heavy atom. The number of carbonyl (C=O) groups is 2. The number of hydrogen-bond acceptors (Lipinski definition) is 6. The molecule has 8 heteroatoms. The van der Waals surface area contributed by atoms with Gasteiger partial charge in [0.25, 0.3) is 0 Å². The normalized spacial score (nSPS) is 18.9. The molecule has 2 aromatic heterocycles. The fourth-order valence-corrected chi connectivity index (χ4v) is 4.91. The third-order valence-electron chi connectivity index (χ3n) is 5.17. The summed E-state index contributed by atoms with van der Waals surface area (Å²) in [6, 6.07) is 9.23. The smallest absolute Gasteiger partial charge is 0.321 e. The predicted octanol–water partition coefficient (Wildman–Crippen LogP) is 3.17. The van der Waals surface area contributed by atoms with E-state index in [9.17, 15) is 9.59 Å². The molecule has 0 N–H and O–H groups in total. The van der Waals surface area contributed by atoms with Crippen molar-refractivity contribution in [2.45, 2.75) is 19.9 Å². The van der Waals surface area contributed by atoms with E-state index in [1.54, 1.807) is 30.3 Å². The zero-order chi connectivity index (χ0) is 20.5. The Morgan fingerprint density at radius 3 is 2.76 bits per heavy atom. The van der Waals surface area contributed by atoms with Crippen LogP contribution < -0.4 is 4.90 Å². The average Bonchev–Trinajstić information content (AvgIpc) is 3.30. The third kappa shape index (κ3) is 3.22. The Kier molecular flexibility index (Phi) is 5.38. The molecule has 1 aliphatic rings. The summed E-state index contributed by atoms with van der Waals surface area (Å²) in [5, 5.41) is 1.98. The minimum atomic E-state index is -0.978. The number of anilines is 1. The number of fused-ring (bicyclic) bond motifs is 3. The summed E-state index contributed by atoms with van der Waals surface area (Å²) in [5.41, 5.74) is 2.70. The van der Waals surface area contributed by atoms with Crippen LogP contribution in [0.1, 0.15) is 23.4 Å². The lowest BCUT2D eigenvalue weighted by atomic mass is 9.92. The summed E-state index contributed by atoms with van der Waals surface area (Å²) in [6.45, 7) is 4.61. The van der Waals surface area contributed by atoms with Gasteiger partial charge in [0.15, 0.2) is 5.92 Å². The number of rotatable bonds is 6. The summed E-state index contributed by atoms with van der Waals surface area (Å²) in [7, 11) is 1.58. The van der Waals surface area contributed by atoms with Crippen LogP contribution in [0, 0.1) is 12.8 Å². The summed E-state index contributed by atoms with van der Waals surface area (Å²) in [6.07, 6.45) is 0. The van der Waals surface area contributed by atoms with Gasteiger partial charge in [0.05, 0.1) is 36.8 Å². The largest absolute Gasteiger partial charge is 0.465 e. The summed E-state index contributed by atoms with van der Waals surface area (Å²) in [5.74, 6) is -1.26. The first-order chi connectivity index (χ1) is 14.1. The van der Waals surface area contributed by atoms with Crippen molar-refractivity contribution < 1.29 is 19.1 Å². The molecular formula is C21H23N3O4S. The van der Waals surface area contributed by atoms with Gasteiger partial charge in [-0.2, -0.15) is 0 Å². The van der Waals surface area contributed by atoms with Crippen LogP contribution in [0.15, 0.2) is 35.7 Å². The number of ether oxygens (including phenoxy) is 2. The van der Waals surface area contributed by atoms with Gasteiger partial charge in [-0.15, -0.1) is 11.3 Å². The van der Waals surface area contributed by atoms with Crippen molar-refractivity contribution in [2.24, 2.45) is 5.92 Å². The van der Waals surface area contributed by atoms with E-state index in [4.69, 9.17) is 14.5 Å². The average molecular weight is 413 g/mol. The van der Waals surface area contributed by atoms with Crippen molar-refractivity contribution in [3.8, 4) is 0 Å². The van der Waals surface area contributed by atoms with Crippen LogP contribution in [0.25, 0.3) is 11.0 Å². The Bertz CT molecular complexity index is 1060. The zero-order valence-electron chi connectivity index (χ0n) is 16.6. The maximum Gasteiger partial charge on any atom is 0.321 e. The van der Waals surface area contributed by atoms with Gasteiger partial charge in [-0.3, -0.25) is 19.1 Å². The molecule has 1 amide bonds. The molecule has 3 heterocycles. The number of benzene rings is 1. The lowest BCUT2D eigenvalue weighted by Gasteiger charge is -2.37. The van der Waals surface area contributed by atoms with Crippen molar-refractivity contribution >= 4 is 40.2 Å². The van der Waals surface area contributed by atoms with Gasteiger partial charge in [0, 0.05) is 12.0 Å². The van der Waals surface area contributed by atoms with Gasteiger partial charge < -0.3 is 9.47 Å². The van der Waals surface area contributed by atoms with E-state index in [1.165, 1.54) is 0 Å². The van der Waals surface area contributed by atoms with Gasteiger partial charge in [-0.25, -0.2) is 4.98 Å². The maximum atomic E-state index is 13.5. The molecule has 1 aromatic carbocycles. The van der Waals surface area contributed by atoms with Crippen LogP contribution in [0.5, 0.6) is 0 Å². The molecule has 2 unspecified atom stereocenters. The Balaban J connectivity index is 1.98. The van der Waals surface area contributed by atoms with E-state index in [0.717, 1.165) is 21.5 Å². The van der Waals surface area contributed by atoms with Crippen LogP contribution in [-0.4, -0.2) is 48.3 Å². The van der Waals surface area contributed by atoms with Crippen molar-refractivity contribution in [3.63, 3.8) is 0 Å². The molecule has 0 fully saturated rings. The summed E-state index contributed by atoms with van der Waals surface area (Å²) in [4.78, 5) is 33.8. The molecule has 0 saturated heterocycles. The highest BCUT2D eigenvalue weighted by molar-refractivity contribution is 7.10. The first-order valence-electron chi connectivity index (χ1n) is 9.56. The Hall–Kier alpha value is -2.71. The highest BCUT2D eigenvalue weighted by Gasteiger charge is 2.48. The first-order valence-corrected chi connectivity index (χ1v) is 10.4. The highest BCUT2D eigenvalue weighted by atomic mass is 32.1. The van der Waals surface area contributed by atoms with Crippen LogP contribution in [0.3, 0.4) is 0 Å². The van der Waals surface area contributed by atoms with E-state index in [1.807, 2.05) is 47.2 Å². The summed E-state index contributed by atoms with van der Waals surface area (Å²) < 4.78 is 12.5. The van der Waals surface area contributed by atoms with Gasteiger partial charge in [0.2, 0.25) is 11.9 Å². The number of amides is 1. The standard InChI is InChI=1S/C21H23N3O4S/c1-4-28-20(26)16-17(18-13(2)9-12-29-18)24-15-8-6-5-7-14(15)22-21(24)23(19(16)25)10-11-27-3/h5-9,12,16-17H,4,10-11H2,1-3H3. The second-order valence-corrected chi connectivity index (χ2v) is 7.84. The van der Waals surface area contributed by atoms with Gasteiger partial charge in [0.1, 0.15) is 0 Å². The van der Waals surface area contributed by atoms with E-state index in [0.29, 0.717) is 19.1 Å². The number of imidazole rings is 1. The van der Waals surface area contributed by atoms with Crippen molar-refractivity contribution in [1.82, 2.24) is 9.55 Å². The monoisotopic (exact) mass is 413 g/mol. The van der Waals surface area contributed by atoms with E-state index in [2.05, 4.69) is 0 Å². The minimum absolute atomic E-state index is 0.217. The molecule has 29 heavy (non-hydrogen) atoms. The molecule has 2 atom stereocenters. The van der Waals surface area contributed by atoms with Crippen molar-refractivity contribution in [2.75, 3.05) is 31.8 Å². The molecule has 0 aliphatic carbocycles. The first kappa shape index (κ1) is 19.6. The number of aromatic nitrogens is 2. The molecule has 152 valence electrons. The molecule has 7 nitrogen and oxygen atoms in total. The number of aryl methyl sites for hydroxylation is 1. The number of nitrogens with zero attached hydrogens (tertiary/aromatic N) is 3. The molecular weight excluding hydrogens is 390 g/mol. The third-order valence-corrected chi connectivity index (χ3v) is 6.26. The van der Waals surface area contributed by atoms with Gasteiger partial charge in [-0.05, 0) is 43.0 Å². The molecule has 0 radical (unpaired) electrons. The molecule has 0 saturated carbocycles. The van der Waals surface area contributed by atoms with Gasteiger partial charge >= 0.3 is 5.97 Å². The number of hydrogen-bond donors (Lipinski definition) is 0. The lowest BCUT2D eigenvalue weighted by molar-refractivity contribution is -0.153. The van der Waals surface area contributed by atoms with Crippen LogP contribution >= 0.6 is 11.3 Å². The number of carbonyl (C=O) groups excluding carboxylic acids is 2. The second-order valence-electron chi connectivity index (χ2n) is 6.90. The fraction of sp³-hybridized carbons (Fsp3) is 0.381. The number of para-hydroxylation sites is 2. The maximum absolute atomic E-state index is 13.5. The highest BCUT2D eigenvalue weighted by Crippen LogP contribution is 2.43. The minimum Gasteiger partial charge on any atom is -0.465 e. The quantitative estimate of drug-likeness (QED) is 0.458. The molecule has 0 spiro atoms. The van der Waals surface area contributed by atoms with E-state index < -0.39 is 17.9 Å². The second kappa shape index (κ2) is 7.96. The lowest BCUT2D eigenvalue weighted by Crippen LogP contribution is -2.51. The number of esters is 1. The van der Waals surface area contributed by atoms with E-state index in [-0.39, 0.29) is 12.5 Å². The molecule has 3 aromatic rings. The van der Waals surface area contributed by atoms with Crippen molar-refractivity contribution in [1.29, 1.82) is 0 Å². The zero-order valence-corrected chi connectivity index (χ0v) is 17.4. The summed E-state index contributed by atoms with van der Waals surface area (Å²) >= 11 is 1.54. The number of thiophene rings is 1. The molecule has 1 aliphatic heterocycles. The van der Waals surface area contributed by atoms with Crippen molar-refractivity contribution in [3.05, 3.63) is 46.2 Å². The van der Waals surface area contributed by atoms with E-state index >= 15 is 0 Å². The van der Waals surface area contributed by atoms with Crippen LogP contribution in [0.4, 0.5) is 5.95 Å². The topological polar surface area (TPSA) is 73.7 Å². The SMILES string of the molecule is CCOC(=O)C1C(=O)N(CCOC)c2nc3ccccc3n2C1c1sccc1C.